The van der Waals surface area contributed by atoms with Crippen LogP contribution in [0.4, 0.5) is 0 Å². The van der Waals surface area contributed by atoms with E-state index in [0.29, 0.717) is 18.6 Å². The largest absolute Gasteiger partial charge is 0.409 e. The van der Waals surface area contributed by atoms with E-state index in [1.165, 1.54) is 0 Å². The highest BCUT2D eigenvalue weighted by molar-refractivity contribution is 5.80. The summed E-state index contributed by atoms with van der Waals surface area (Å²) < 4.78 is 5.76. The van der Waals surface area contributed by atoms with Gasteiger partial charge in [-0.3, -0.25) is 0 Å². The van der Waals surface area contributed by atoms with Gasteiger partial charge in [-0.15, -0.1) is 0 Å². The molecule has 0 aromatic carbocycles. The lowest BCUT2D eigenvalue weighted by Gasteiger charge is -2.26. The van der Waals surface area contributed by atoms with Gasteiger partial charge in [-0.05, 0) is 33.7 Å². The highest BCUT2D eigenvalue weighted by atomic mass is 16.5. The summed E-state index contributed by atoms with van der Waals surface area (Å²) in [5.74, 6) is 0.278. The van der Waals surface area contributed by atoms with E-state index in [1.54, 1.807) is 0 Å². The Morgan fingerprint density at radius 2 is 2.31 bits per heavy atom. The van der Waals surface area contributed by atoms with Gasteiger partial charge in [-0.25, -0.2) is 0 Å². The van der Waals surface area contributed by atoms with Gasteiger partial charge >= 0.3 is 0 Å². The molecule has 1 saturated heterocycles. The lowest BCUT2D eigenvalue weighted by atomic mass is 10.1. The minimum Gasteiger partial charge on any atom is -0.409 e. The maximum Gasteiger partial charge on any atom is 0.140 e. The molecule has 1 rings (SSSR count). The van der Waals surface area contributed by atoms with Crippen LogP contribution < -0.4 is 5.73 Å². The molecule has 0 radical (unpaired) electrons. The van der Waals surface area contributed by atoms with Crippen molar-refractivity contribution in [2.75, 3.05) is 13.6 Å². The molecule has 3 atom stereocenters. The molecule has 0 aromatic heterocycles. The predicted molar refractivity (Wildman–Crippen MR) is 63.7 cm³/mol. The third-order valence-electron chi connectivity index (χ3n) is 3.20. The van der Waals surface area contributed by atoms with Gasteiger partial charge < -0.3 is 20.6 Å². The first-order valence-corrected chi connectivity index (χ1v) is 5.85. The minimum absolute atomic E-state index is 0.260. The first kappa shape index (κ1) is 13.3. The summed E-state index contributed by atoms with van der Waals surface area (Å²) in [6.45, 7) is 5.08. The molecule has 0 aliphatic carbocycles. The van der Waals surface area contributed by atoms with Crippen LogP contribution in [-0.2, 0) is 4.74 Å². The monoisotopic (exact) mass is 229 g/mol. The average molecular weight is 229 g/mol. The molecule has 16 heavy (non-hydrogen) atoms. The lowest BCUT2D eigenvalue weighted by molar-refractivity contribution is 0.0303. The van der Waals surface area contributed by atoms with Crippen molar-refractivity contribution in [1.29, 1.82) is 0 Å². The van der Waals surface area contributed by atoms with Crippen molar-refractivity contribution in [3.8, 4) is 0 Å². The van der Waals surface area contributed by atoms with Crippen molar-refractivity contribution in [2.24, 2.45) is 10.9 Å². The third-order valence-corrected chi connectivity index (χ3v) is 3.20. The summed E-state index contributed by atoms with van der Waals surface area (Å²) in [5, 5.41) is 11.5. The van der Waals surface area contributed by atoms with E-state index in [4.69, 9.17) is 15.7 Å². The fourth-order valence-corrected chi connectivity index (χ4v) is 2.02. The molecule has 1 aliphatic heterocycles. The molecule has 1 fully saturated rings. The Morgan fingerprint density at radius 1 is 1.62 bits per heavy atom. The lowest BCUT2D eigenvalue weighted by Crippen LogP contribution is -2.38. The van der Waals surface area contributed by atoms with Gasteiger partial charge in [0.2, 0.25) is 0 Å². The minimum atomic E-state index is 0.260. The molecule has 1 heterocycles. The molecule has 5 nitrogen and oxygen atoms in total. The van der Waals surface area contributed by atoms with Crippen molar-refractivity contribution in [3.63, 3.8) is 0 Å². The van der Waals surface area contributed by atoms with Crippen LogP contribution in [0, 0.1) is 0 Å². The zero-order valence-corrected chi connectivity index (χ0v) is 10.4. The van der Waals surface area contributed by atoms with Gasteiger partial charge in [0.15, 0.2) is 0 Å². The molecule has 1 aliphatic rings. The molecule has 0 saturated carbocycles. The highest BCUT2D eigenvalue weighted by Crippen LogP contribution is 2.20. The van der Waals surface area contributed by atoms with Crippen molar-refractivity contribution in [2.45, 2.75) is 51.4 Å². The summed E-state index contributed by atoms with van der Waals surface area (Å²) >= 11 is 0. The average Bonchev–Trinajstić information content (AvgIpc) is 2.63. The fourth-order valence-electron chi connectivity index (χ4n) is 2.02. The van der Waals surface area contributed by atoms with Crippen molar-refractivity contribution >= 4 is 5.84 Å². The van der Waals surface area contributed by atoms with Crippen LogP contribution in [0.1, 0.15) is 33.1 Å². The van der Waals surface area contributed by atoms with Crippen LogP contribution >= 0.6 is 0 Å². The maximum atomic E-state index is 8.50. The number of nitrogens with two attached hydrogens (primary N) is 1. The molecule has 5 heteroatoms. The number of oxime groups is 1. The van der Waals surface area contributed by atoms with E-state index in [9.17, 15) is 0 Å². The normalized spacial score (nSPS) is 28.6. The standard InChI is InChI=1S/C11H23N3O2/c1-8(6-11(12)13-15)14(3)7-10-5-4-9(2)16-10/h8-10,15H,4-7H2,1-3H3,(H2,12,13). The van der Waals surface area contributed by atoms with Gasteiger partial charge in [0.25, 0.3) is 0 Å². The Kier molecular flexibility index (Phi) is 5.02. The predicted octanol–water partition coefficient (Wildman–Crippen LogP) is 1.01. The van der Waals surface area contributed by atoms with Crippen LogP contribution in [0.15, 0.2) is 5.16 Å². The molecule has 0 amide bonds. The van der Waals surface area contributed by atoms with Crippen LogP contribution in [0.2, 0.25) is 0 Å². The second-order valence-electron chi connectivity index (χ2n) is 4.73. The Morgan fingerprint density at radius 3 is 2.81 bits per heavy atom. The van der Waals surface area contributed by atoms with Gasteiger partial charge in [0, 0.05) is 19.0 Å². The Hall–Kier alpha value is -0.810. The maximum absolute atomic E-state index is 8.50. The van der Waals surface area contributed by atoms with Gasteiger partial charge in [0.1, 0.15) is 5.84 Å². The van der Waals surface area contributed by atoms with E-state index in [0.717, 1.165) is 19.4 Å². The van der Waals surface area contributed by atoms with Crippen LogP contribution in [0.25, 0.3) is 0 Å². The molecular formula is C11H23N3O2. The topological polar surface area (TPSA) is 71.1 Å². The van der Waals surface area contributed by atoms with Crippen LogP contribution in [0.3, 0.4) is 0 Å². The van der Waals surface area contributed by atoms with Gasteiger partial charge in [-0.2, -0.15) is 0 Å². The number of likely N-dealkylation sites (N-methyl/N-ethyl adjacent to an activating group) is 1. The first-order valence-electron chi connectivity index (χ1n) is 5.85. The number of ether oxygens (including phenoxy) is 1. The van der Waals surface area contributed by atoms with Gasteiger partial charge in [0.05, 0.1) is 12.2 Å². The summed E-state index contributed by atoms with van der Waals surface area (Å²) in [6.07, 6.45) is 3.57. The van der Waals surface area contributed by atoms with E-state index >= 15 is 0 Å². The van der Waals surface area contributed by atoms with Crippen LogP contribution in [0.5, 0.6) is 0 Å². The molecule has 3 N–H and O–H groups in total. The van der Waals surface area contributed by atoms with Gasteiger partial charge in [-0.1, -0.05) is 5.16 Å². The number of nitrogens with zero attached hydrogens (tertiary/aromatic N) is 2. The van der Waals surface area contributed by atoms with E-state index in [1.807, 2.05) is 7.05 Å². The summed E-state index contributed by atoms with van der Waals surface area (Å²) in [4.78, 5) is 2.20. The zero-order valence-electron chi connectivity index (χ0n) is 10.4. The first-order chi connectivity index (χ1) is 7.52. The molecule has 3 unspecified atom stereocenters. The second-order valence-corrected chi connectivity index (χ2v) is 4.73. The van der Waals surface area contributed by atoms with E-state index in [2.05, 4.69) is 23.9 Å². The molecule has 0 bridgehead atoms. The third kappa shape index (κ3) is 3.98. The smallest absolute Gasteiger partial charge is 0.140 e. The van der Waals surface area contributed by atoms with Crippen LogP contribution in [-0.4, -0.2) is 47.8 Å². The van der Waals surface area contributed by atoms with E-state index in [-0.39, 0.29) is 11.9 Å². The quantitative estimate of drug-likeness (QED) is 0.319. The van der Waals surface area contributed by atoms with Crippen molar-refractivity contribution in [3.05, 3.63) is 0 Å². The number of hydrogen-bond donors (Lipinski definition) is 2. The SMILES string of the molecule is CC1CCC(CN(C)C(C)CC(N)=NO)O1. The summed E-state index contributed by atoms with van der Waals surface area (Å²) in [7, 11) is 2.04. The Labute approximate surface area is 97.2 Å². The highest BCUT2D eigenvalue weighted by Gasteiger charge is 2.24. The van der Waals surface area contributed by atoms with Crippen molar-refractivity contribution in [1.82, 2.24) is 4.90 Å². The number of rotatable bonds is 5. The Balaban J connectivity index is 2.31. The number of amidine groups is 1. The molecule has 0 aromatic rings. The molecule has 94 valence electrons. The second kappa shape index (κ2) is 6.06. The van der Waals surface area contributed by atoms with E-state index < -0.39 is 0 Å². The summed E-state index contributed by atoms with van der Waals surface area (Å²) in [6, 6.07) is 0.260. The number of hydrogen-bond acceptors (Lipinski definition) is 4. The zero-order chi connectivity index (χ0) is 12.1. The fraction of sp³-hybridized carbons (Fsp3) is 0.909. The molecular weight excluding hydrogens is 206 g/mol. The van der Waals surface area contributed by atoms with Crippen molar-refractivity contribution < 1.29 is 9.94 Å². The molecule has 0 spiro atoms. The summed E-state index contributed by atoms with van der Waals surface area (Å²) in [5.41, 5.74) is 5.48. The Bertz CT molecular complexity index is 245.